The van der Waals surface area contributed by atoms with E-state index in [1.807, 2.05) is 0 Å². The highest BCUT2D eigenvalue weighted by atomic mass is 19.1. The zero-order valence-corrected chi connectivity index (χ0v) is 14.1. The first-order valence-electron chi connectivity index (χ1n) is 7.70. The average Bonchev–Trinajstić information content (AvgIpc) is 2.64. The van der Waals surface area contributed by atoms with E-state index in [9.17, 15) is 14.0 Å². The third kappa shape index (κ3) is 5.52. The van der Waals surface area contributed by atoms with Crippen LogP contribution in [0.3, 0.4) is 0 Å². The fourth-order valence-corrected chi connectivity index (χ4v) is 1.98. The topological polar surface area (TPSA) is 82.3 Å². The molecule has 2 aromatic carbocycles. The lowest BCUT2D eigenvalue weighted by Crippen LogP contribution is -2.10. The quantitative estimate of drug-likeness (QED) is 0.720. The van der Waals surface area contributed by atoms with Crippen molar-refractivity contribution >= 4 is 11.7 Å². The van der Waals surface area contributed by atoms with E-state index in [0.29, 0.717) is 17.1 Å². The Labute approximate surface area is 150 Å². The second-order valence-corrected chi connectivity index (χ2v) is 5.22. The van der Waals surface area contributed by atoms with Gasteiger partial charge in [-0.25, -0.2) is 4.39 Å². The highest BCUT2D eigenvalue weighted by molar-refractivity contribution is 5.94. The Kier molecular flexibility index (Phi) is 6.56. The molecule has 2 N–H and O–H groups in total. The minimum absolute atomic E-state index is 0.155. The molecular formula is C20H17FN2O3. The van der Waals surface area contributed by atoms with E-state index >= 15 is 0 Å². The summed E-state index contributed by atoms with van der Waals surface area (Å²) in [4.78, 5) is 25.4. The Morgan fingerprint density at radius 2 is 1.65 bits per heavy atom. The third-order valence-corrected chi connectivity index (χ3v) is 3.26. The van der Waals surface area contributed by atoms with Gasteiger partial charge in [0, 0.05) is 11.8 Å². The smallest absolute Gasteiger partial charge is 0.248 e. The molecule has 0 bridgehead atoms. The van der Waals surface area contributed by atoms with Crippen LogP contribution in [0.2, 0.25) is 0 Å². The number of halogens is 1. The van der Waals surface area contributed by atoms with Gasteiger partial charge in [0.25, 0.3) is 0 Å². The van der Waals surface area contributed by atoms with Gasteiger partial charge in [-0.2, -0.15) is 0 Å². The highest BCUT2D eigenvalue weighted by Crippen LogP contribution is 2.20. The number of ketones is 1. The van der Waals surface area contributed by atoms with Crippen LogP contribution in [0, 0.1) is 5.82 Å². The molecule has 1 aromatic heterocycles. The van der Waals surface area contributed by atoms with E-state index in [-0.39, 0.29) is 11.3 Å². The molecule has 0 spiro atoms. The summed E-state index contributed by atoms with van der Waals surface area (Å²) in [7, 11) is 0. The Hall–Kier alpha value is -3.54. The van der Waals surface area contributed by atoms with Crippen molar-refractivity contribution in [2.24, 2.45) is 5.73 Å². The van der Waals surface area contributed by atoms with Gasteiger partial charge in [0.05, 0.1) is 11.8 Å². The molecule has 1 heterocycles. The lowest BCUT2D eigenvalue weighted by atomic mass is 10.1. The van der Waals surface area contributed by atoms with Gasteiger partial charge in [0.2, 0.25) is 5.91 Å². The van der Waals surface area contributed by atoms with Gasteiger partial charge in [0.1, 0.15) is 17.3 Å². The molecule has 3 rings (SSSR count). The number of hydrogen-bond donors (Lipinski definition) is 1. The normalized spacial score (nSPS) is 9.62. The van der Waals surface area contributed by atoms with E-state index in [1.165, 1.54) is 19.1 Å². The number of Topliss-reactive ketones (excluding diaryl/α,β-unsaturated/α-hetero) is 1. The summed E-state index contributed by atoms with van der Waals surface area (Å²) in [5.74, 6) is 0.147. The first-order chi connectivity index (χ1) is 12.5. The molecule has 0 aliphatic heterocycles. The average molecular weight is 352 g/mol. The molecule has 0 aliphatic carbocycles. The molecule has 1 amide bonds. The fourth-order valence-electron chi connectivity index (χ4n) is 1.98. The second kappa shape index (κ2) is 9.08. The van der Waals surface area contributed by atoms with Crippen molar-refractivity contribution in [3.05, 3.63) is 90.0 Å². The van der Waals surface area contributed by atoms with Gasteiger partial charge in [-0.3, -0.25) is 14.6 Å². The molecule has 0 aliphatic rings. The minimum Gasteiger partial charge on any atom is -0.456 e. The van der Waals surface area contributed by atoms with Crippen molar-refractivity contribution in [1.29, 1.82) is 0 Å². The molecule has 6 heteroatoms. The Balaban J connectivity index is 0.000000209. The lowest BCUT2D eigenvalue weighted by Gasteiger charge is -2.04. The monoisotopic (exact) mass is 352 g/mol. The maximum absolute atomic E-state index is 12.6. The molecule has 26 heavy (non-hydrogen) atoms. The summed E-state index contributed by atoms with van der Waals surface area (Å²) in [6, 6.07) is 16.1. The van der Waals surface area contributed by atoms with Gasteiger partial charge in [0.15, 0.2) is 5.78 Å². The second-order valence-electron chi connectivity index (χ2n) is 5.22. The Bertz CT molecular complexity index is 881. The largest absolute Gasteiger partial charge is 0.456 e. The zero-order valence-electron chi connectivity index (χ0n) is 14.1. The van der Waals surface area contributed by atoms with Crippen LogP contribution in [-0.2, 0) is 0 Å². The fraction of sp³-hybridized carbons (Fsp3) is 0.0500. The standard InChI is InChI=1S/C12H10N2O2.C8H7FO/c13-12(15)9-3-5-10(6-4-9)16-11-2-1-7-14-8-11;1-6(10)7-4-2-3-5-8(7)9/h1-8H,(H2,13,15);2-5H,1H3. The highest BCUT2D eigenvalue weighted by Gasteiger charge is 2.03. The van der Waals surface area contributed by atoms with E-state index in [1.54, 1.807) is 60.9 Å². The number of ether oxygens (including phenoxy) is 1. The van der Waals surface area contributed by atoms with Crippen LogP contribution in [-0.4, -0.2) is 16.7 Å². The lowest BCUT2D eigenvalue weighted by molar-refractivity contribution is 0.0995. The summed E-state index contributed by atoms with van der Waals surface area (Å²) in [6.07, 6.45) is 3.28. The maximum Gasteiger partial charge on any atom is 0.248 e. The van der Waals surface area contributed by atoms with E-state index in [2.05, 4.69) is 4.98 Å². The van der Waals surface area contributed by atoms with Crippen molar-refractivity contribution in [2.75, 3.05) is 0 Å². The number of rotatable bonds is 4. The minimum atomic E-state index is -0.451. The van der Waals surface area contributed by atoms with Crippen LogP contribution in [0.4, 0.5) is 4.39 Å². The number of nitrogens with zero attached hydrogens (tertiary/aromatic N) is 1. The van der Waals surface area contributed by atoms with Gasteiger partial charge in [-0.05, 0) is 55.5 Å². The van der Waals surface area contributed by atoms with Crippen molar-refractivity contribution in [3.63, 3.8) is 0 Å². The van der Waals surface area contributed by atoms with Gasteiger partial charge in [-0.15, -0.1) is 0 Å². The van der Waals surface area contributed by atoms with Crippen molar-refractivity contribution in [2.45, 2.75) is 6.92 Å². The summed E-state index contributed by atoms with van der Waals surface area (Å²) in [5.41, 5.74) is 5.74. The van der Waals surface area contributed by atoms with Crippen molar-refractivity contribution in [3.8, 4) is 11.5 Å². The molecule has 0 saturated carbocycles. The van der Waals surface area contributed by atoms with Crippen LogP contribution in [0.1, 0.15) is 27.6 Å². The first kappa shape index (κ1) is 18.8. The molecule has 0 saturated heterocycles. The Morgan fingerprint density at radius 1 is 0.962 bits per heavy atom. The van der Waals surface area contributed by atoms with Crippen LogP contribution < -0.4 is 10.5 Å². The SMILES string of the molecule is CC(=O)c1ccccc1F.NC(=O)c1ccc(Oc2cccnc2)cc1. The van der Waals surface area contributed by atoms with Gasteiger partial charge in [-0.1, -0.05) is 12.1 Å². The summed E-state index contributed by atoms with van der Waals surface area (Å²) in [6.45, 7) is 1.35. The summed E-state index contributed by atoms with van der Waals surface area (Å²) < 4.78 is 18.1. The van der Waals surface area contributed by atoms with Crippen LogP contribution in [0.15, 0.2) is 73.1 Å². The number of pyridine rings is 1. The number of amides is 1. The number of carbonyl (C=O) groups excluding carboxylic acids is 2. The number of benzene rings is 2. The maximum atomic E-state index is 12.6. The first-order valence-corrected chi connectivity index (χ1v) is 7.70. The van der Waals surface area contributed by atoms with Crippen LogP contribution >= 0.6 is 0 Å². The van der Waals surface area contributed by atoms with Crippen LogP contribution in [0.25, 0.3) is 0 Å². The van der Waals surface area contributed by atoms with Crippen molar-refractivity contribution in [1.82, 2.24) is 4.98 Å². The molecule has 132 valence electrons. The predicted molar refractivity (Wildman–Crippen MR) is 95.7 cm³/mol. The number of aromatic nitrogens is 1. The molecule has 0 unspecified atom stereocenters. The summed E-state index contributed by atoms with van der Waals surface area (Å²) in [5, 5.41) is 0. The molecular weight excluding hydrogens is 335 g/mol. The van der Waals surface area contributed by atoms with Crippen LogP contribution in [0.5, 0.6) is 11.5 Å². The molecule has 0 atom stereocenters. The third-order valence-electron chi connectivity index (χ3n) is 3.26. The van der Waals surface area contributed by atoms with Gasteiger partial charge >= 0.3 is 0 Å². The molecule has 0 fully saturated rings. The van der Waals surface area contributed by atoms with Gasteiger partial charge < -0.3 is 10.5 Å². The van der Waals surface area contributed by atoms with E-state index in [0.717, 1.165) is 0 Å². The van der Waals surface area contributed by atoms with E-state index in [4.69, 9.17) is 10.5 Å². The molecule has 3 aromatic rings. The number of nitrogens with two attached hydrogens (primary N) is 1. The molecule has 0 radical (unpaired) electrons. The Morgan fingerprint density at radius 3 is 2.15 bits per heavy atom. The number of carbonyl (C=O) groups is 2. The number of hydrogen-bond acceptors (Lipinski definition) is 4. The van der Waals surface area contributed by atoms with Crippen molar-refractivity contribution < 1.29 is 18.7 Å². The van der Waals surface area contributed by atoms with E-state index < -0.39 is 11.7 Å². The predicted octanol–water partition coefficient (Wildman–Crippen LogP) is 4.00. The zero-order chi connectivity index (χ0) is 18.9. The number of primary amides is 1. The summed E-state index contributed by atoms with van der Waals surface area (Å²) >= 11 is 0. The molecule has 5 nitrogen and oxygen atoms in total.